The molecule has 3 atom stereocenters. The Kier molecular flexibility index (Phi) is 7.32. The zero-order valence-corrected chi connectivity index (χ0v) is 12.7. The largest absolute Gasteiger partial charge is 0.417 e. The predicted molar refractivity (Wildman–Crippen MR) is 76.1 cm³/mol. The molecule has 1 aromatic carbocycles. The molecule has 0 radical (unpaired) electrons. The SMILES string of the molecule is CCC(C)[C@@H](O)[C@@H](N)c1cccc(C(F)(F)F)c1Cl.Cl. The molecule has 2 nitrogen and oxygen atoms in total. The molecule has 1 rings (SSSR count). The van der Waals surface area contributed by atoms with E-state index in [4.69, 9.17) is 17.3 Å². The van der Waals surface area contributed by atoms with Crippen LogP contribution in [-0.4, -0.2) is 11.2 Å². The molecule has 0 aliphatic rings. The summed E-state index contributed by atoms with van der Waals surface area (Å²) < 4.78 is 38.2. The topological polar surface area (TPSA) is 46.2 Å². The van der Waals surface area contributed by atoms with Gasteiger partial charge in [-0.1, -0.05) is 44.0 Å². The molecular formula is C13H18Cl2F3NO. The molecular weight excluding hydrogens is 314 g/mol. The summed E-state index contributed by atoms with van der Waals surface area (Å²) in [6.45, 7) is 3.65. The summed E-state index contributed by atoms with van der Waals surface area (Å²) >= 11 is 5.77. The van der Waals surface area contributed by atoms with Gasteiger partial charge in [0, 0.05) is 0 Å². The monoisotopic (exact) mass is 331 g/mol. The van der Waals surface area contributed by atoms with Gasteiger partial charge in [-0.25, -0.2) is 0 Å². The molecule has 0 bridgehead atoms. The lowest BCUT2D eigenvalue weighted by atomic mass is 9.91. The van der Waals surface area contributed by atoms with E-state index in [0.717, 1.165) is 6.07 Å². The molecule has 116 valence electrons. The van der Waals surface area contributed by atoms with Crippen LogP contribution in [0.2, 0.25) is 5.02 Å². The molecule has 20 heavy (non-hydrogen) atoms. The molecule has 1 unspecified atom stereocenters. The third-order valence-electron chi connectivity index (χ3n) is 3.29. The van der Waals surface area contributed by atoms with Crippen molar-refractivity contribution in [2.45, 2.75) is 38.6 Å². The molecule has 0 fully saturated rings. The second-order valence-electron chi connectivity index (χ2n) is 4.61. The zero-order valence-electron chi connectivity index (χ0n) is 11.1. The van der Waals surface area contributed by atoms with Gasteiger partial charge in [-0.15, -0.1) is 12.4 Å². The lowest BCUT2D eigenvalue weighted by molar-refractivity contribution is -0.137. The Balaban J connectivity index is 0.00000361. The standard InChI is InChI=1S/C13H17ClF3NO.ClH/c1-3-7(2)12(19)11(18)8-5-4-6-9(10(8)14)13(15,16)17;/h4-7,11-12,19H,3,18H2,1-2H3;1H/t7?,11-,12+;/m0./s1. The Morgan fingerprint density at radius 2 is 1.90 bits per heavy atom. The van der Waals surface area contributed by atoms with Crippen LogP contribution in [0.4, 0.5) is 13.2 Å². The van der Waals surface area contributed by atoms with Crippen molar-refractivity contribution in [3.8, 4) is 0 Å². The number of halogens is 5. The predicted octanol–water partition coefficient (Wildman–Crippen LogP) is 4.19. The van der Waals surface area contributed by atoms with Crippen molar-refractivity contribution >= 4 is 24.0 Å². The summed E-state index contributed by atoms with van der Waals surface area (Å²) in [5.74, 6) is -0.124. The van der Waals surface area contributed by atoms with E-state index in [1.54, 1.807) is 6.92 Å². The Bertz CT molecular complexity index is 440. The summed E-state index contributed by atoms with van der Waals surface area (Å²) in [6, 6.07) is 2.61. The van der Waals surface area contributed by atoms with Crippen LogP contribution < -0.4 is 5.73 Å². The number of aliphatic hydroxyl groups is 1. The number of hydrogen-bond acceptors (Lipinski definition) is 2. The maximum atomic E-state index is 12.7. The minimum Gasteiger partial charge on any atom is -0.391 e. The van der Waals surface area contributed by atoms with Crippen LogP contribution in [0.25, 0.3) is 0 Å². The number of nitrogens with two attached hydrogens (primary N) is 1. The van der Waals surface area contributed by atoms with Crippen LogP contribution in [0, 0.1) is 5.92 Å². The van der Waals surface area contributed by atoms with E-state index < -0.39 is 28.9 Å². The van der Waals surface area contributed by atoms with E-state index in [2.05, 4.69) is 0 Å². The van der Waals surface area contributed by atoms with Crippen LogP contribution in [0.15, 0.2) is 18.2 Å². The Morgan fingerprint density at radius 1 is 1.35 bits per heavy atom. The maximum absolute atomic E-state index is 12.7. The minimum absolute atomic E-state index is 0. The number of rotatable bonds is 4. The van der Waals surface area contributed by atoms with E-state index >= 15 is 0 Å². The molecule has 0 spiro atoms. The maximum Gasteiger partial charge on any atom is 0.417 e. The first-order valence-electron chi connectivity index (χ1n) is 5.99. The molecule has 0 saturated carbocycles. The van der Waals surface area contributed by atoms with Crippen molar-refractivity contribution in [1.82, 2.24) is 0 Å². The van der Waals surface area contributed by atoms with Gasteiger partial charge in [-0.2, -0.15) is 13.2 Å². The Hall–Kier alpha value is -0.490. The van der Waals surface area contributed by atoms with Crippen LogP contribution in [0.5, 0.6) is 0 Å². The van der Waals surface area contributed by atoms with Crippen LogP contribution in [0.1, 0.15) is 37.4 Å². The Labute approximate surface area is 127 Å². The van der Waals surface area contributed by atoms with Crippen LogP contribution in [-0.2, 0) is 6.18 Å². The molecule has 1 aromatic rings. The van der Waals surface area contributed by atoms with Gasteiger partial charge in [0.1, 0.15) is 0 Å². The molecule has 3 N–H and O–H groups in total. The number of alkyl halides is 3. The average molecular weight is 332 g/mol. The minimum atomic E-state index is -4.53. The van der Waals surface area contributed by atoms with Crippen LogP contribution in [0.3, 0.4) is 0 Å². The molecule has 0 aromatic heterocycles. The van der Waals surface area contributed by atoms with Crippen molar-refractivity contribution in [3.63, 3.8) is 0 Å². The van der Waals surface area contributed by atoms with Gasteiger partial charge in [-0.05, 0) is 17.5 Å². The third kappa shape index (κ3) is 4.25. The van der Waals surface area contributed by atoms with E-state index in [-0.39, 0.29) is 23.9 Å². The fourth-order valence-corrected chi connectivity index (χ4v) is 2.16. The van der Waals surface area contributed by atoms with Gasteiger partial charge in [0.25, 0.3) is 0 Å². The molecule has 0 heterocycles. The van der Waals surface area contributed by atoms with Crippen molar-refractivity contribution in [1.29, 1.82) is 0 Å². The summed E-state index contributed by atoms with van der Waals surface area (Å²) in [6.07, 6.45) is -4.80. The first-order valence-corrected chi connectivity index (χ1v) is 6.37. The molecule has 0 aliphatic carbocycles. The molecule has 7 heteroatoms. The van der Waals surface area contributed by atoms with Gasteiger partial charge in [0.2, 0.25) is 0 Å². The van der Waals surface area contributed by atoms with E-state index in [1.165, 1.54) is 12.1 Å². The second-order valence-corrected chi connectivity index (χ2v) is 4.99. The van der Waals surface area contributed by atoms with Gasteiger partial charge in [-0.3, -0.25) is 0 Å². The highest BCUT2D eigenvalue weighted by Crippen LogP contribution is 2.38. The van der Waals surface area contributed by atoms with Gasteiger partial charge >= 0.3 is 6.18 Å². The quantitative estimate of drug-likeness (QED) is 0.869. The lowest BCUT2D eigenvalue weighted by Gasteiger charge is -2.25. The molecule has 0 aliphatic heterocycles. The van der Waals surface area contributed by atoms with E-state index in [9.17, 15) is 18.3 Å². The summed E-state index contributed by atoms with van der Waals surface area (Å²) in [7, 11) is 0. The summed E-state index contributed by atoms with van der Waals surface area (Å²) in [4.78, 5) is 0. The number of benzene rings is 1. The van der Waals surface area contributed by atoms with Crippen molar-refractivity contribution in [3.05, 3.63) is 34.3 Å². The van der Waals surface area contributed by atoms with Crippen molar-refractivity contribution in [2.75, 3.05) is 0 Å². The van der Waals surface area contributed by atoms with Gasteiger partial charge < -0.3 is 10.8 Å². The fraction of sp³-hybridized carbons (Fsp3) is 0.538. The first-order chi connectivity index (χ1) is 8.70. The summed E-state index contributed by atoms with van der Waals surface area (Å²) in [5.41, 5.74) is 5.01. The highest BCUT2D eigenvalue weighted by atomic mass is 35.5. The third-order valence-corrected chi connectivity index (χ3v) is 3.71. The first kappa shape index (κ1) is 19.5. The lowest BCUT2D eigenvalue weighted by Crippen LogP contribution is -2.32. The normalized spacial score (nSPS) is 16.2. The average Bonchev–Trinajstić information content (AvgIpc) is 2.35. The Morgan fingerprint density at radius 3 is 2.35 bits per heavy atom. The van der Waals surface area contributed by atoms with Crippen LogP contribution >= 0.6 is 24.0 Å². The second kappa shape index (κ2) is 7.50. The number of hydrogen-bond donors (Lipinski definition) is 2. The highest BCUT2D eigenvalue weighted by Gasteiger charge is 2.35. The highest BCUT2D eigenvalue weighted by molar-refractivity contribution is 6.32. The number of aliphatic hydroxyl groups excluding tert-OH is 1. The fourth-order valence-electron chi connectivity index (χ4n) is 1.81. The molecule has 0 saturated heterocycles. The summed E-state index contributed by atoms with van der Waals surface area (Å²) in [5, 5.41) is 9.55. The smallest absolute Gasteiger partial charge is 0.391 e. The van der Waals surface area contributed by atoms with Gasteiger partial charge in [0.05, 0.1) is 22.7 Å². The van der Waals surface area contributed by atoms with Crippen molar-refractivity contribution in [2.24, 2.45) is 11.7 Å². The molecule has 0 amide bonds. The van der Waals surface area contributed by atoms with E-state index in [1.807, 2.05) is 6.92 Å². The van der Waals surface area contributed by atoms with Crippen molar-refractivity contribution < 1.29 is 18.3 Å². The van der Waals surface area contributed by atoms with Gasteiger partial charge in [0.15, 0.2) is 0 Å². The van der Waals surface area contributed by atoms with E-state index in [0.29, 0.717) is 6.42 Å². The zero-order chi connectivity index (χ0) is 14.8.